The van der Waals surface area contributed by atoms with Crippen LogP contribution in [0.2, 0.25) is 18.6 Å². The summed E-state index contributed by atoms with van der Waals surface area (Å²) in [7, 11) is -3.64. The first-order valence-corrected chi connectivity index (χ1v) is 19.2. The summed E-state index contributed by atoms with van der Waals surface area (Å²) in [4.78, 5) is 56.4. The van der Waals surface area contributed by atoms with Crippen LogP contribution in [0.1, 0.15) is 30.0 Å². The number of benzene rings is 3. The zero-order valence-corrected chi connectivity index (χ0v) is 28.6. The lowest BCUT2D eigenvalue weighted by Gasteiger charge is -2.31. The summed E-state index contributed by atoms with van der Waals surface area (Å²) in [6.45, 7) is 5.59. The van der Waals surface area contributed by atoms with Gasteiger partial charge in [0.05, 0.1) is 42.8 Å². The van der Waals surface area contributed by atoms with E-state index >= 15 is 4.11 Å². The van der Waals surface area contributed by atoms with Gasteiger partial charge in [-0.05, 0) is 42.4 Å². The minimum atomic E-state index is -3.64. The number of carbonyl (C=O) groups excluding carboxylic acids is 3. The summed E-state index contributed by atoms with van der Waals surface area (Å²) < 4.78 is 28.0. The number of anilines is 2. The fourth-order valence-corrected chi connectivity index (χ4v) is 10.1. The lowest BCUT2D eigenvalue weighted by atomic mass is 9.82. The van der Waals surface area contributed by atoms with E-state index in [0.717, 1.165) is 11.1 Å². The molecule has 12 nitrogen and oxygen atoms in total. The molecular weight excluding hydrogens is 651 g/mol. The van der Waals surface area contributed by atoms with Gasteiger partial charge in [-0.1, -0.05) is 49.4 Å². The molecule has 0 saturated carbocycles. The molecule has 0 radical (unpaired) electrons. The number of nitro benzene ring substituents is 1. The van der Waals surface area contributed by atoms with Crippen molar-refractivity contribution in [2.75, 3.05) is 36.1 Å². The van der Waals surface area contributed by atoms with Crippen LogP contribution in [-0.4, -0.2) is 73.7 Å². The maximum absolute atomic E-state index is 16.3. The number of fused-ring (bicyclic) bond motifs is 2. The van der Waals surface area contributed by atoms with Gasteiger partial charge in [0.15, 0.2) is 5.60 Å². The van der Waals surface area contributed by atoms with Gasteiger partial charge in [-0.2, -0.15) is 0 Å². The van der Waals surface area contributed by atoms with E-state index in [0.29, 0.717) is 24.5 Å². The van der Waals surface area contributed by atoms with E-state index in [1.54, 1.807) is 31.2 Å². The number of non-ortho nitro benzene ring substituents is 1. The maximum Gasteiger partial charge on any atom is 0.414 e. The molecule has 3 aromatic carbocycles. The predicted octanol–water partition coefficient (Wildman–Crippen LogP) is 5.28. The van der Waals surface area contributed by atoms with Gasteiger partial charge in [0.1, 0.15) is 6.61 Å². The number of hydrogen-bond donors (Lipinski definition) is 1. The Labute approximate surface area is 284 Å². The van der Waals surface area contributed by atoms with E-state index in [1.807, 2.05) is 30.3 Å². The number of nitro groups is 1. The Morgan fingerprint density at radius 2 is 1.82 bits per heavy atom. The molecule has 49 heavy (non-hydrogen) atoms. The molecule has 0 aliphatic carbocycles. The Hall–Kier alpha value is -4.66. The highest BCUT2D eigenvalue weighted by atomic mass is 28.4. The third kappa shape index (κ3) is 6.31. The molecule has 3 aliphatic heterocycles. The Morgan fingerprint density at radius 1 is 1.10 bits per heavy atom. The molecule has 2 saturated heterocycles. The molecule has 14 heteroatoms. The van der Waals surface area contributed by atoms with Crippen molar-refractivity contribution in [2.24, 2.45) is 5.92 Å². The van der Waals surface area contributed by atoms with Crippen LogP contribution in [0.5, 0.6) is 0 Å². The van der Waals surface area contributed by atoms with Crippen molar-refractivity contribution in [2.45, 2.75) is 56.8 Å². The highest BCUT2D eigenvalue weighted by Gasteiger charge is 2.67. The Kier molecular flexibility index (Phi) is 9.31. The summed E-state index contributed by atoms with van der Waals surface area (Å²) in [5, 5.41) is 21.7. The van der Waals surface area contributed by atoms with Crippen molar-refractivity contribution < 1.29 is 38.0 Å². The normalized spacial score (nSPS) is 23.2. The van der Waals surface area contributed by atoms with Gasteiger partial charge in [0.2, 0.25) is 14.3 Å². The molecule has 2 fully saturated rings. The van der Waals surface area contributed by atoms with Crippen molar-refractivity contribution >= 4 is 43.4 Å². The number of aliphatic hydroxyl groups excluding tert-OH is 1. The lowest BCUT2D eigenvalue weighted by Crippen LogP contribution is -2.45. The van der Waals surface area contributed by atoms with Crippen molar-refractivity contribution in [3.63, 3.8) is 0 Å². The standard InChI is InChI=1S/C35H39FN4O8Si/c1-23-32(49(2,3)36)30(20-31(42)37(15-17-41)21-24-7-5-4-6-8-24)48-35(23)28-19-27(40(45)46)13-14-29(28)39(33(35)43)22-25-9-11-26(12-10-25)38-16-18-47-34(38)44/h4-14,19,23,30,32,41H,15-18,20-22H2,1-3H3/t23-,30+,32-,35+/m0/s1. The number of hydrogen-bond acceptors (Lipinski definition) is 8. The maximum atomic E-state index is 16.3. The summed E-state index contributed by atoms with van der Waals surface area (Å²) in [6, 6.07) is 20.5. The number of nitrogens with zero attached hydrogens (tertiary/aromatic N) is 4. The van der Waals surface area contributed by atoms with E-state index in [4.69, 9.17) is 9.47 Å². The SMILES string of the molecule is C[C@H]1[C@H]([Si](C)(C)F)[C@@H](CC(=O)N(CCO)Cc2ccccc2)O[C@]12C(=O)N(Cc1ccc(N3CCOC3=O)cc1)c1ccc([N+](=O)[O-])cc12. The van der Waals surface area contributed by atoms with Gasteiger partial charge in [0.25, 0.3) is 11.6 Å². The Balaban J connectivity index is 1.34. The topological polar surface area (TPSA) is 143 Å². The molecule has 6 rings (SSSR count). The first-order valence-electron chi connectivity index (χ1n) is 16.3. The van der Waals surface area contributed by atoms with Crippen LogP contribution in [0.4, 0.5) is 26.0 Å². The lowest BCUT2D eigenvalue weighted by molar-refractivity contribution is -0.385. The molecule has 3 amide bonds. The Morgan fingerprint density at radius 3 is 2.43 bits per heavy atom. The van der Waals surface area contributed by atoms with Gasteiger partial charge in [-0.25, -0.2) is 4.79 Å². The monoisotopic (exact) mass is 690 g/mol. The molecule has 3 heterocycles. The van der Waals surface area contributed by atoms with Crippen molar-refractivity contribution in [3.8, 4) is 0 Å². The molecule has 0 unspecified atom stereocenters. The molecular formula is C35H39FN4O8Si. The van der Waals surface area contributed by atoms with E-state index in [9.17, 15) is 29.6 Å². The molecule has 258 valence electrons. The van der Waals surface area contributed by atoms with E-state index < -0.39 is 48.5 Å². The number of cyclic esters (lactones) is 1. The number of amides is 3. The summed E-state index contributed by atoms with van der Waals surface area (Å²) in [6.07, 6.45) is -1.67. The number of ether oxygens (including phenoxy) is 2. The van der Waals surface area contributed by atoms with Crippen LogP contribution in [0.3, 0.4) is 0 Å². The second kappa shape index (κ2) is 13.3. The van der Waals surface area contributed by atoms with Crippen LogP contribution in [-0.2, 0) is 37.8 Å². The molecule has 1 spiro atoms. The average molecular weight is 691 g/mol. The summed E-state index contributed by atoms with van der Waals surface area (Å²) >= 11 is 0. The van der Waals surface area contributed by atoms with Crippen LogP contribution in [0.15, 0.2) is 72.8 Å². The quantitative estimate of drug-likeness (QED) is 0.124. The third-order valence-electron chi connectivity index (χ3n) is 9.82. The smallest absolute Gasteiger partial charge is 0.414 e. The average Bonchev–Trinajstić information content (AvgIpc) is 3.70. The van der Waals surface area contributed by atoms with Gasteiger partial charge < -0.3 is 28.5 Å². The van der Waals surface area contributed by atoms with Crippen molar-refractivity contribution in [1.82, 2.24) is 4.90 Å². The molecule has 0 aromatic heterocycles. The summed E-state index contributed by atoms with van der Waals surface area (Å²) in [5.41, 5.74) is 0.0840. The fourth-order valence-electron chi connectivity index (χ4n) is 7.62. The van der Waals surface area contributed by atoms with Crippen LogP contribution in [0.25, 0.3) is 0 Å². The van der Waals surface area contributed by atoms with Gasteiger partial charge in [-0.15, -0.1) is 0 Å². The molecule has 0 bridgehead atoms. The predicted molar refractivity (Wildman–Crippen MR) is 181 cm³/mol. The molecule has 3 aliphatic rings. The number of aliphatic hydroxyl groups is 1. The zero-order chi connectivity index (χ0) is 35.1. The second-order valence-corrected chi connectivity index (χ2v) is 17.1. The van der Waals surface area contributed by atoms with Crippen LogP contribution < -0.4 is 9.80 Å². The zero-order valence-electron chi connectivity index (χ0n) is 27.6. The Bertz CT molecular complexity index is 1750. The van der Waals surface area contributed by atoms with Crippen LogP contribution in [0, 0.1) is 16.0 Å². The van der Waals surface area contributed by atoms with Crippen LogP contribution >= 0.6 is 0 Å². The minimum absolute atomic E-state index is 0.0573. The molecule has 4 atom stereocenters. The first kappa shape index (κ1) is 34.2. The van der Waals surface area contributed by atoms with Crippen molar-refractivity contribution in [1.29, 1.82) is 0 Å². The third-order valence-corrected chi connectivity index (χ3v) is 12.3. The van der Waals surface area contributed by atoms with E-state index in [-0.39, 0.29) is 49.8 Å². The summed E-state index contributed by atoms with van der Waals surface area (Å²) in [5.74, 6) is -1.62. The van der Waals surface area contributed by atoms with Gasteiger partial charge in [-0.3, -0.25) is 24.6 Å². The van der Waals surface area contributed by atoms with E-state index in [2.05, 4.69) is 0 Å². The van der Waals surface area contributed by atoms with E-state index in [1.165, 1.54) is 46.0 Å². The molecule has 1 N–H and O–H groups in total. The highest BCUT2D eigenvalue weighted by molar-refractivity contribution is 6.72. The van der Waals surface area contributed by atoms with Gasteiger partial charge in [0, 0.05) is 47.9 Å². The number of rotatable bonds is 11. The van der Waals surface area contributed by atoms with Gasteiger partial charge >= 0.3 is 6.09 Å². The van der Waals surface area contributed by atoms with Crippen molar-refractivity contribution in [3.05, 3.63) is 99.6 Å². The fraction of sp³-hybridized carbons (Fsp3) is 0.400. The second-order valence-electron chi connectivity index (χ2n) is 13.3. The largest absolute Gasteiger partial charge is 0.447 e. The number of carbonyl (C=O) groups is 3. The minimum Gasteiger partial charge on any atom is -0.447 e. The molecule has 3 aromatic rings. The first-order chi connectivity index (χ1) is 23.3. The number of halogens is 1. The highest BCUT2D eigenvalue weighted by Crippen LogP contribution is 2.60.